The number of nitrogens with one attached hydrogen (secondary N) is 2. The summed E-state index contributed by atoms with van der Waals surface area (Å²) in [4.78, 5) is 16.7. The Labute approximate surface area is 124 Å². The standard InChI is InChI=1S/C17H19N3O/c1-12-5-4-8-15(20-12)11-19-17(21)16-9-13-6-2-3-7-14(13)10-18-16/h2-8,16,18H,9-11H2,1H3,(H,19,21)/t16-/m1/s1. The quantitative estimate of drug-likeness (QED) is 0.900. The molecule has 1 aliphatic heterocycles. The minimum Gasteiger partial charge on any atom is -0.349 e. The number of rotatable bonds is 3. The largest absolute Gasteiger partial charge is 0.349 e. The van der Waals surface area contributed by atoms with E-state index in [9.17, 15) is 4.79 Å². The van der Waals surface area contributed by atoms with Gasteiger partial charge in [0, 0.05) is 12.2 Å². The predicted molar refractivity (Wildman–Crippen MR) is 81.6 cm³/mol. The van der Waals surface area contributed by atoms with Gasteiger partial charge in [-0.2, -0.15) is 0 Å². The molecule has 1 amide bonds. The molecule has 4 heteroatoms. The molecular formula is C17H19N3O. The van der Waals surface area contributed by atoms with E-state index in [0.29, 0.717) is 6.54 Å². The second-order valence-corrected chi connectivity index (χ2v) is 5.39. The Morgan fingerprint density at radius 1 is 1.24 bits per heavy atom. The summed E-state index contributed by atoms with van der Waals surface area (Å²) in [6.07, 6.45) is 0.739. The van der Waals surface area contributed by atoms with Gasteiger partial charge in [-0.1, -0.05) is 30.3 Å². The van der Waals surface area contributed by atoms with Crippen molar-refractivity contribution >= 4 is 5.91 Å². The number of aryl methyl sites for hydroxylation is 1. The molecule has 2 aromatic rings. The first-order valence-corrected chi connectivity index (χ1v) is 7.23. The molecule has 21 heavy (non-hydrogen) atoms. The minimum absolute atomic E-state index is 0.0350. The van der Waals surface area contributed by atoms with Crippen LogP contribution in [0.4, 0.5) is 0 Å². The predicted octanol–water partition coefficient (Wildman–Crippen LogP) is 1.72. The van der Waals surface area contributed by atoms with E-state index in [4.69, 9.17) is 0 Å². The maximum atomic E-state index is 12.3. The fourth-order valence-corrected chi connectivity index (χ4v) is 2.64. The monoisotopic (exact) mass is 281 g/mol. The van der Waals surface area contributed by atoms with Gasteiger partial charge >= 0.3 is 0 Å². The fraction of sp³-hybridized carbons (Fsp3) is 0.294. The van der Waals surface area contributed by atoms with Crippen molar-refractivity contribution in [2.75, 3.05) is 0 Å². The Kier molecular flexibility index (Phi) is 3.97. The Hall–Kier alpha value is -2.20. The molecule has 0 unspecified atom stereocenters. The Morgan fingerprint density at radius 2 is 2.05 bits per heavy atom. The number of aromatic nitrogens is 1. The van der Waals surface area contributed by atoms with Crippen LogP contribution >= 0.6 is 0 Å². The molecule has 0 saturated heterocycles. The van der Waals surface area contributed by atoms with Crippen LogP contribution in [0, 0.1) is 6.92 Å². The molecule has 0 radical (unpaired) electrons. The lowest BCUT2D eigenvalue weighted by Crippen LogP contribution is -2.47. The summed E-state index contributed by atoms with van der Waals surface area (Å²) in [5.41, 5.74) is 4.39. The van der Waals surface area contributed by atoms with Crippen LogP contribution in [-0.2, 0) is 24.3 Å². The van der Waals surface area contributed by atoms with Crippen LogP contribution in [0.5, 0.6) is 0 Å². The summed E-state index contributed by atoms with van der Waals surface area (Å²) < 4.78 is 0. The van der Waals surface area contributed by atoms with Gasteiger partial charge in [0.05, 0.1) is 18.3 Å². The van der Waals surface area contributed by atoms with E-state index in [2.05, 4.69) is 27.8 Å². The highest BCUT2D eigenvalue weighted by Crippen LogP contribution is 2.16. The van der Waals surface area contributed by atoms with E-state index in [-0.39, 0.29) is 11.9 Å². The van der Waals surface area contributed by atoms with Crippen molar-refractivity contribution in [1.82, 2.24) is 15.6 Å². The Bertz CT molecular complexity index is 654. The lowest BCUT2D eigenvalue weighted by atomic mass is 9.95. The van der Waals surface area contributed by atoms with Crippen LogP contribution in [0.25, 0.3) is 0 Å². The van der Waals surface area contributed by atoms with Gasteiger partial charge in [-0.25, -0.2) is 0 Å². The summed E-state index contributed by atoms with van der Waals surface area (Å²) in [6.45, 7) is 3.17. The van der Waals surface area contributed by atoms with Gasteiger partial charge in [-0.05, 0) is 36.6 Å². The molecule has 0 aliphatic carbocycles. The highest BCUT2D eigenvalue weighted by atomic mass is 16.2. The first kappa shape index (κ1) is 13.8. The fourth-order valence-electron chi connectivity index (χ4n) is 2.64. The maximum absolute atomic E-state index is 12.3. The SMILES string of the molecule is Cc1cccc(CNC(=O)[C@H]2Cc3ccccc3CN2)n1. The Morgan fingerprint density at radius 3 is 2.86 bits per heavy atom. The molecule has 0 spiro atoms. The zero-order valence-corrected chi connectivity index (χ0v) is 12.1. The van der Waals surface area contributed by atoms with Gasteiger partial charge in [0.2, 0.25) is 5.91 Å². The summed E-state index contributed by atoms with van der Waals surface area (Å²) >= 11 is 0. The molecule has 4 nitrogen and oxygen atoms in total. The van der Waals surface area contributed by atoms with Gasteiger partial charge < -0.3 is 10.6 Å². The van der Waals surface area contributed by atoms with E-state index in [1.807, 2.05) is 37.3 Å². The van der Waals surface area contributed by atoms with E-state index in [1.54, 1.807) is 0 Å². The normalized spacial score (nSPS) is 17.1. The van der Waals surface area contributed by atoms with Gasteiger partial charge in [0.15, 0.2) is 0 Å². The first-order chi connectivity index (χ1) is 10.2. The number of amides is 1. The van der Waals surface area contributed by atoms with Crippen LogP contribution in [0.15, 0.2) is 42.5 Å². The molecule has 2 N–H and O–H groups in total. The number of hydrogen-bond donors (Lipinski definition) is 2. The third-order valence-corrected chi connectivity index (χ3v) is 3.79. The van der Waals surface area contributed by atoms with Crippen molar-refractivity contribution in [2.45, 2.75) is 32.5 Å². The average molecular weight is 281 g/mol. The van der Waals surface area contributed by atoms with Crippen LogP contribution in [0.2, 0.25) is 0 Å². The molecule has 1 aliphatic rings. The number of pyridine rings is 1. The van der Waals surface area contributed by atoms with E-state index < -0.39 is 0 Å². The van der Waals surface area contributed by atoms with Crippen LogP contribution in [-0.4, -0.2) is 16.9 Å². The second kappa shape index (κ2) is 6.06. The number of benzene rings is 1. The number of nitrogens with zero attached hydrogens (tertiary/aromatic N) is 1. The number of carbonyl (C=O) groups is 1. The van der Waals surface area contributed by atoms with Crippen molar-refractivity contribution in [3.05, 3.63) is 65.0 Å². The third-order valence-electron chi connectivity index (χ3n) is 3.79. The summed E-state index contributed by atoms with van der Waals surface area (Å²) in [6, 6.07) is 13.9. The van der Waals surface area contributed by atoms with Gasteiger partial charge in [-0.3, -0.25) is 9.78 Å². The Balaban J connectivity index is 1.59. The van der Waals surface area contributed by atoms with Gasteiger partial charge in [0.1, 0.15) is 0 Å². The lowest BCUT2D eigenvalue weighted by Gasteiger charge is -2.25. The highest BCUT2D eigenvalue weighted by molar-refractivity contribution is 5.82. The molecule has 108 valence electrons. The molecule has 2 heterocycles. The van der Waals surface area contributed by atoms with Gasteiger partial charge in [-0.15, -0.1) is 0 Å². The van der Waals surface area contributed by atoms with Crippen molar-refractivity contribution in [3.63, 3.8) is 0 Å². The molecule has 3 rings (SSSR count). The van der Waals surface area contributed by atoms with E-state index in [0.717, 1.165) is 24.4 Å². The molecule has 1 atom stereocenters. The first-order valence-electron chi connectivity index (χ1n) is 7.23. The highest BCUT2D eigenvalue weighted by Gasteiger charge is 2.23. The topological polar surface area (TPSA) is 54.0 Å². The summed E-state index contributed by atoms with van der Waals surface area (Å²) in [5.74, 6) is 0.0350. The van der Waals surface area contributed by atoms with Crippen molar-refractivity contribution in [1.29, 1.82) is 0 Å². The van der Waals surface area contributed by atoms with Crippen LogP contribution in [0.3, 0.4) is 0 Å². The minimum atomic E-state index is -0.162. The van der Waals surface area contributed by atoms with Crippen LogP contribution in [0.1, 0.15) is 22.5 Å². The lowest BCUT2D eigenvalue weighted by molar-refractivity contribution is -0.123. The zero-order chi connectivity index (χ0) is 14.7. The van der Waals surface area contributed by atoms with Gasteiger partial charge in [0.25, 0.3) is 0 Å². The third kappa shape index (κ3) is 3.28. The molecule has 1 aromatic heterocycles. The van der Waals surface area contributed by atoms with E-state index >= 15 is 0 Å². The molecular weight excluding hydrogens is 262 g/mol. The summed E-state index contributed by atoms with van der Waals surface area (Å²) in [5, 5.41) is 6.25. The van der Waals surface area contributed by atoms with Crippen molar-refractivity contribution < 1.29 is 4.79 Å². The number of fused-ring (bicyclic) bond motifs is 1. The smallest absolute Gasteiger partial charge is 0.237 e. The van der Waals surface area contributed by atoms with Crippen molar-refractivity contribution in [2.24, 2.45) is 0 Å². The van der Waals surface area contributed by atoms with Crippen LogP contribution < -0.4 is 10.6 Å². The molecule has 0 saturated carbocycles. The second-order valence-electron chi connectivity index (χ2n) is 5.39. The summed E-state index contributed by atoms with van der Waals surface area (Å²) in [7, 11) is 0. The molecule has 0 fully saturated rings. The molecule has 0 bridgehead atoms. The maximum Gasteiger partial charge on any atom is 0.237 e. The van der Waals surface area contributed by atoms with Crippen molar-refractivity contribution in [3.8, 4) is 0 Å². The average Bonchev–Trinajstić information content (AvgIpc) is 2.52. The zero-order valence-electron chi connectivity index (χ0n) is 12.1. The number of hydrogen-bond acceptors (Lipinski definition) is 3. The molecule has 1 aromatic carbocycles. The van der Waals surface area contributed by atoms with E-state index in [1.165, 1.54) is 11.1 Å². The number of carbonyl (C=O) groups excluding carboxylic acids is 1.